The highest BCUT2D eigenvalue weighted by atomic mass is 16.5. The van der Waals surface area contributed by atoms with E-state index in [0.717, 1.165) is 35.1 Å². The van der Waals surface area contributed by atoms with Crippen LogP contribution >= 0.6 is 0 Å². The first-order valence-corrected chi connectivity index (χ1v) is 6.40. The van der Waals surface area contributed by atoms with Crippen molar-refractivity contribution in [3.05, 3.63) is 28.9 Å². The maximum absolute atomic E-state index is 5.75. The summed E-state index contributed by atoms with van der Waals surface area (Å²) in [4.78, 5) is 0. The molecule has 0 bridgehead atoms. The van der Waals surface area contributed by atoms with Gasteiger partial charge in [-0.1, -0.05) is 12.1 Å². The number of nitrogens with one attached hydrogen (secondary N) is 1. The minimum Gasteiger partial charge on any atom is -0.482 e. The molecule has 0 aliphatic carbocycles. The normalized spacial score (nSPS) is 10.9. The van der Waals surface area contributed by atoms with Gasteiger partial charge in [-0.3, -0.25) is 4.68 Å². The van der Waals surface area contributed by atoms with Gasteiger partial charge in [-0.2, -0.15) is 5.10 Å². The largest absolute Gasteiger partial charge is 0.482 e. The van der Waals surface area contributed by atoms with E-state index in [1.54, 1.807) is 0 Å². The van der Waals surface area contributed by atoms with Gasteiger partial charge < -0.3 is 14.6 Å². The van der Waals surface area contributed by atoms with Crippen LogP contribution in [0.4, 0.5) is 0 Å². The Labute approximate surface area is 112 Å². The molecule has 6 heteroatoms. The molecule has 6 nitrogen and oxygen atoms in total. The minimum atomic E-state index is 0.368. The van der Waals surface area contributed by atoms with Crippen LogP contribution in [0.2, 0.25) is 0 Å². The Morgan fingerprint density at radius 1 is 1.42 bits per heavy atom. The Morgan fingerprint density at radius 3 is 2.84 bits per heavy atom. The van der Waals surface area contributed by atoms with Crippen molar-refractivity contribution in [1.82, 2.24) is 20.3 Å². The minimum absolute atomic E-state index is 0.368. The fourth-order valence-corrected chi connectivity index (χ4v) is 1.87. The molecule has 0 atom stereocenters. The highest BCUT2D eigenvalue weighted by molar-refractivity contribution is 5.31. The van der Waals surface area contributed by atoms with Gasteiger partial charge in [-0.25, -0.2) is 0 Å². The van der Waals surface area contributed by atoms with Crippen molar-refractivity contribution in [1.29, 1.82) is 0 Å². The van der Waals surface area contributed by atoms with Crippen LogP contribution in [0.5, 0.6) is 5.75 Å². The van der Waals surface area contributed by atoms with Gasteiger partial charge in [0.25, 0.3) is 0 Å². The monoisotopic (exact) mass is 264 g/mol. The van der Waals surface area contributed by atoms with E-state index in [1.807, 2.05) is 31.6 Å². The molecule has 19 heavy (non-hydrogen) atoms. The molecule has 0 saturated carbocycles. The lowest BCUT2D eigenvalue weighted by molar-refractivity contribution is 0.245. The van der Waals surface area contributed by atoms with E-state index in [0.29, 0.717) is 13.2 Å². The molecule has 0 unspecified atom stereocenters. The zero-order chi connectivity index (χ0) is 13.8. The smallest absolute Gasteiger partial charge is 0.174 e. The lowest BCUT2D eigenvalue weighted by Crippen LogP contribution is -2.11. The fourth-order valence-electron chi connectivity index (χ4n) is 1.87. The number of rotatable bonds is 6. The van der Waals surface area contributed by atoms with Gasteiger partial charge in [0, 0.05) is 19.7 Å². The number of hydrogen-bond donors (Lipinski definition) is 1. The molecule has 0 amide bonds. The van der Waals surface area contributed by atoms with Gasteiger partial charge in [0.2, 0.25) is 0 Å². The fraction of sp³-hybridized carbons (Fsp3) is 0.538. The van der Waals surface area contributed by atoms with Crippen LogP contribution in [0, 0.1) is 13.8 Å². The first kappa shape index (κ1) is 13.6. The molecular weight excluding hydrogens is 244 g/mol. The zero-order valence-corrected chi connectivity index (χ0v) is 11.9. The molecule has 0 aliphatic heterocycles. The molecule has 1 N–H and O–H groups in total. The van der Waals surface area contributed by atoms with Crippen molar-refractivity contribution in [2.24, 2.45) is 7.05 Å². The molecular formula is C13H20N4O2. The average Bonchev–Trinajstić information content (AvgIpc) is 2.92. The van der Waals surface area contributed by atoms with E-state index in [1.165, 1.54) is 0 Å². The molecule has 2 aromatic rings. The second-order valence-electron chi connectivity index (χ2n) is 4.48. The number of aryl methyl sites for hydroxylation is 2. The number of aromatic nitrogens is 3. The van der Waals surface area contributed by atoms with E-state index in [9.17, 15) is 0 Å². The molecule has 0 aromatic carbocycles. The molecule has 0 saturated heterocycles. The van der Waals surface area contributed by atoms with Crippen LogP contribution in [-0.4, -0.2) is 21.5 Å². The molecule has 0 fully saturated rings. The zero-order valence-electron chi connectivity index (χ0n) is 11.9. The lowest BCUT2D eigenvalue weighted by Gasteiger charge is -2.03. The van der Waals surface area contributed by atoms with Gasteiger partial charge >= 0.3 is 0 Å². The Morgan fingerprint density at radius 2 is 2.21 bits per heavy atom. The second-order valence-corrected chi connectivity index (χ2v) is 4.48. The summed E-state index contributed by atoms with van der Waals surface area (Å²) in [7, 11) is 1.90. The van der Waals surface area contributed by atoms with Crippen molar-refractivity contribution < 1.29 is 9.26 Å². The maximum Gasteiger partial charge on any atom is 0.174 e. The first-order chi connectivity index (χ1) is 9.11. The molecule has 2 aromatic heterocycles. The molecule has 0 radical (unpaired) electrons. The second kappa shape index (κ2) is 5.88. The first-order valence-electron chi connectivity index (χ1n) is 6.40. The van der Waals surface area contributed by atoms with Crippen molar-refractivity contribution in [2.75, 3.05) is 6.54 Å². The van der Waals surface area contributed by atoms with Crippen molar-refractivity contribution in [3.63, 3.8) is 0 Å². The Bertz CT molecular complexity index is 545. The van der Waals surface area contributed by atoms with Crippen LogP contribution < -0.4 is 10.1 Å². The van der Waals surface area contributed by atoms with E-state index in [-0.39, 0.29) is 0 Å². The van der Waals surface area contributed by atoms with Crippen LogP contribution in [-0.2, 0) is 20.2 Å². The van der Waals surface area contributed by atoms with Crippen LogP contribution in [0.1, 0.15) is 29.8 Å². The third-order valence-corrected chi connectivity index (χ3v) is 2.97. The molecule has 0 aliphatic rings. The Hall–Kier alpha value is -1.82. The SMILES string of the molecule is CCNCc1cc(COc2c(C)nn(C)c2C)on1. The van der Waals surface area contributed by atoms with Crippen molar-refractivity contribution >= 4 is 0 Å². The topological polar surface area (TPSA) is 65.1 Å². The van der Waals surface area contributed by atoms with E-state index in [2.05, 4.69) is 22.5 Å². The number of nitrogens with zero attached hydrogens (tertiary/aromatic N) is 3. The lowest BCUT2D eigenvalue weighted by atomic mass is 10.3. The number of ether oxygens (including phenoxy) is 1. The van der Waals surface area contributed by atoms with Crippen LogP contribution in [0.15, 0.2) is 10.6 Å². The van der Waals surface area contributed by atoms with Gasteiger partial charge in [0.05, 0.1) is 11.4 Å². The predicted molar refractivity (Wildman–Crippen MR) is 70.9 cm³/mol. The highest BCUT2D eigenvalue weighted by Crippen LogP contribution is 2.22. The van der Waals surface area contributed by atoms with Crippen molar-refractivity contribution in [2.45, 2.75) is 33.9 Å². The summed E-state index contributed by atoms with van der Waals surface area (Å²) in [5, 5.41) is 11.5. The van der Waals surface area contributed by atoms with Gasteiger partial charge in [-0.15, -0.1) is 0 Å². The predicted octanol–water partition coefficient (Wildman–Crippen LogP) is 1.71. The molecule has 104 valence electrons. The van der Waals surface area contributed by atoms with E-state index in [4.69, 9.17) is 9.26 Å². The van der Waals surface area contributed by atoms with Gasteiger partial charge in [0.1, 0.15) is 12.3 Å². The van der Waals surface area contributed by atoms with E-state index >= 15 is 0 Å². The summed E-state index contributed by atoms with van der Waals surface area (Å²) in [5.41, 5.74) is 2.78. The maximum atomic E-state index is 5.75. The highest BCUT2D eigenvalue weighted by Gasteiger charge is 2.12. The number of hydrogen-bond acceptors (Lipinski definition) is 5. The van der Waals surface area contributed by atoms with Crippen LogP contribution in [0.3, 0.4) is 0 Å². The summed E-state index contributed by atoms with van der Waals surface area (Å²) in [6.45, 7) is 7.95. The standard InChI is InChI=1S/C13H20N4O2/c1-5-14-7-11-6-12(19-16-11)8-18-13-9(2)15-17(4)10(13)3/h6,14H,5,7-8H2,1-4H3. The third kappa shape index (κ3) is 3.14. The van der Waals surface area contributed by atoms with E-state index < -0.39 is 0 Å². The Kier molecular flexibility index (Phi) is 4.21. The molecule has 0 spiro atoms. The Balaban J connectivity index is 1.96. The third-order valence-electron chi connectivity index (χ3n) is 2.97. The quantitative estimate of drug-likeness (QED) is 0.860. The molecule has 2 rings (SSSR count). The summed E-state index contributed by atoms with van der Waals surface area (Å²) >= 11 is 0. The van der Waals surface area contributed by atoms with Gasteiger partial charge in [-0.05, 0) is 20.4 Å². The van der Waals surface area contributed by atoms with Crippen molar-refractivity contribution in [3.8, 4) is 5.75 Å². The average molecular weight is 264 g/mol. The van der Waals surface area contributed by atoms with Gasteiger partial charge in [0.15, 0.2) is 11.5 Å². The van der Waals surface area contributed by atoms with Crippen LogP contribution in [0.25, 0.3) is 0 Å². The molecule has 2 heterocycles. The summed E-state index contributed by atoms with van der Waals surface area (Å²) in [6.07, 6.45) is 0. The summed E-state index contributed by atoms with van der Waals surface area (Å²) < 4.78 is 12.8. The summed E-state index contributed by atoms with van der Waals surface area (Å²) in [6, 6.07) is 1.91. The summed E-state index contributed by atoms with van der Waals surface area (Å²) in [5.74, 6) is 1.53.